The Hall–Kier alpha value is -1.81. The monoisotopic (exact) mass is 234 g/mol. The highest BCUT2D eigenvalue weighted by Gasteiger charge is 2.06. The van der Waals surface area contributed by atoms with Gasteiger partial charge in [-0.15, -0.1) is 0 Å². The number of aromatic nitrogens is 2. The van der Waals surface area contributed by atoms with E-state index in [1.807, 2.05) is 24.3 Å². The van der Waals surface area contributed by atoms with Gasteiger partial charge in [-0.2, -0.15) is 4.98 Å². The van der Waals surface area contributed by atoms with E-state index in [0.717, 1.165) is 5.56 Å². The average molecular weight is 235 g/mol. The first kappa shape index (κ1) is 10.7. The van der Waals surface area contributed by atoms with Crippen LogP contribution in [-0.2, 0) is 0 Å². The summed E-state index contributed by atoms with van der Waals surface area (Å²) in [7, 11) is 1.74. The van der Waals surface area contributed by atoms with Crippen LogP contribution in [0.25, 0.3) is 11.3 Å². The Morgan fingerprint density at radius 1 is 1.25 bits per heavy atom. The Bertz CT molecular complexity index is 513. The first-order valence-electron chi connectivity index (χ1n) is 4.78. The van der Waals surface area contributed by atoms with Gasteiger partial charge in [-0.05, 0) is 6.07 Å². The van der Waals surface area contributed by atoms with Gasteiger partial charge in [-0.1, -0.05) is 29.8 Å². The first-order chi connectivity index (χ1) is 7.70. The van der Waals surface area contributed by atoms with Gasteiger partial charge < -0.3 is 11.1 Å². The summed E-state index contributed by atoms with van der Waals surface area (Å²) in [5.41, 5.74) is 7.24. The molecule has 0 saturated carbocycles. The van der Waals surface area contributed by atoms with Gasteiger partial charge in [0, 0.05) is 23.7 Å². The van der Waals surface area contributed by atoms with Crippen LogP contribution in [-0.4, -0.2) is 17.0 Å². The largest absolute Gasteiger partial charge is 0.384 e. The second-order valence-corrected chi connectivity index (χ2v) is 3.64. The Morgan fingerprint density at radius 3 is 2.69 bits per heavy atom. The van der Waals surface area contributed by atoms with Crippen LogP contribution in [0, 0.1) is 0 Å². The zero-order chi connectivity index (χ0) is 11.5. The van der Waals surface area contributed by atoms with Crippen molar-refractivity contribution in [3.05, 3.63) is 35.4 Å². The van der Waals surface area contributed by atoms with E-state index in [-0.39, 0.29) is 0 Å². The molecule has 0 amide bonds. The highest BCUT2D eigenvalue weighted by atomic mass is 35.5. The van der Waals surface area contributed by atoms with Crippen LogP contribution in [0.1, 0.15) is 0 Å². The van der Waals surface area contributed by atoms with Gasteiger partial charge in [0.2, 0.25) is 5.95 Å². The molecule has 0 spiro atoms. The summed E-state index contributed by atoms with van der Waals surface area (Å²) < 4.78 is 0. The van der Waals surface area contributed by atoms with Gasteiger partial charge in [-0.25, -0.2) is 4.98 Å². The van der Waals surface area contributed by atoms with Crippen molar-refractivity contribution in [2.45, 2.75) is 0 Å². The van der Waals surface area contributed by atoms with Gasteiger partial charge >= 0.3 is 0 Å². The van der Waals surface area contributed by atoms with Crippen LogP contribution < -0.4 is 11.1 Å². The fourth-order valence-corrected chi connectivity index (χ4v) is 1.62. The molecule has 1 heterocycles. The predicted octanol–water partition coefficient (Wildman–Crippen LogP) is 2.42. The summed E-state index contributed by atoms with van der Waals surface area (Å²) in [6.45, 7) is 0. The molecular weight excluding hydrogens is 224 g/mol. The average Bonchev–Trinajstić information content (AvgIpc) is 2.28. The van der Waals surface area contributed by atoms with E-state index < -0.39 is 0 Å². The molecule has 0 saturated heterocycles. The number of nitrogen functional groups attached to an aromatic ring is 1. The lowest BCUT2D eigenvalue weighted by Gasteiger charge is -2.06. The molecule has 0 aliphatic rings. The maximum absolute atomic E-state index is 6.09. The molecule has 5 heteroatoms. The molecule has 0 radical (unpaired) electrons. The van der Waals surface area contributed by atoms with Gasteiger partial charge in [0.15, 0.2) is 0 Å². The molecule has 1 aromatic carbocycles. The van der Waals surface area contributed by atoms with Crippen molar-refractivity contribution in [2.24, 2.45) is 0 Å². The fourth-order valence-electron chi connectivity index (χ4n) is 1.38. The fraction of sp³-hybridized carbons (Fsp3) is 0.0909. The topological polar surface area (TPSA) is 63.8 Å². The van der Waals surface area contributed by atoms with Crippen molar-refractivity contribution in [1.82, 2.24) is 9.97 Å². The molecule has 2 aromatic rings. The minimum absolute atomic E-state index is 0.411. The molecule has 1 aromatic heterocycles. The second kappa shape index (κ2) is 4.37. The van der Waals surface area contributed by atoms with E-state index >= 15 is 0 Å². The quantitative estimate of drug-likeness (QED) is 0.838. The van der Waals surface area contributed by atoms with E-state index in [1.54, 1.807) is 13.1 Å². The van der Waals surface area contributed by atoms with E-state index in [9.17, 15) is 0 Å². The maximum Gasteiger partial charge on any atom is 0.224 e. The third kappa shape index (κ3) is 2.06. The molecule has 3 N–H and O–H groups in total. The van der Waals surface area contributed by atoms with Crippen LogP contribution >= 0.6 is 11.6 Å². The van der Waals surface area contributed by atoms with E-state index in [1.165, 1.54) is 0 Å². The summed E-state index contributed by atoms with van der Waals surface area (Å²) in [5.74, 6) is 0.893. The predicted molar refractivity (Wildman–Crippen MR) is 66.4 cm³/mol. The summed E-state index contributed by atoms with van der Waals surface area (Å²) in [4.78, 5) is 8.32. The van der Waals surface area contributed by atoms with Gasteiger partial charge in [0.1, 0.15) is 5.82 Å². The molecule has 0 aliphatic carbocycles. The number of hydrogen-bond acceptors (Lipinski definition) is 4. The minimum Gasteiger partial charge on any atom is -0.384 e. The van der Waals surface area contributed by atoms with Crippen molar-refractivity contribution in [3.63, 3.8) is 0 Å². The lowest BCUT2D eigenvalue weighted by Crippen LogP contribution is -2.01. The molecule has 0 unspecified atom stereocenters. The summed E-state index contributed by atoms with van der Waals surface area (Å²) in [5, 5.41) is 3.49. The van der Waals surface area contributed by atoms with E-state index in [0.29, 0.717) is 22.5 Å². The molecule has 16 heavy (non-hydrogen) atoms. The lowest BCUT2D eigenvalue weighted by atomic mass is 10.1. The molecule has 2 rings (SSSR count). The highest BCUT2D eigenvalue weighted by Crippen LogP contribution is 2.27. The zero-order valence-electron chi connectivity index (χ0n) is 8.74. The number of hydrogen-bond donors (Lipinski definition) is 2. The third-order valence-corrected chi connectivity index (χ3v) is 2.45. The summed E-state index contributed by atoms with van der Waals surface area (Å²) >= 11 is 6.09. The number of anilines is 2. The lowest BCUT2D eigenvalue weighted by molar-refractivity contribution is 1.16. The Kier molecular flexibility index (Phi) is 2.92. The van der Waals surface area contributed by atoms with E-state index in [2.05, 4.69) is 15.3 Å². The number of nitrogens with two attached hydrogens (primary N) is 1. The zero-order valence-corrected chi connectivity index (χ0v) is 9.49. The van der Waals surface area contributed by atoms with Crippen molar-refractivity contribution in [3.8, 4) is 11.3 Å². The van der Waals surface area contributed by atoms with Gasteiger partial charge in [0.25, 0.3) is 0 Å². The van der Waals surface area contributed by atoms with Crippen LogP contribution in [0.3, 0.4) is 0 Å². The molecule has 0 aliphatic heterocycles. The third-order valence-electron chi connectivity index (χ3n) is 2.12. The summed E-state index contributed by atoms with van der Waals surface area (Å²) in [6, 6.07) is 9.17. The number of nitrogens with one attached hydrogen (secondary N) is 1. The Labute approximate surface area is 98.5 Å². The van der Waals surface area contributed by atoms with Crippen molar-refractivity contribution in [2.75, 3.05) is 18.1 Å². The van der Waals surface area contributed by atoms with Crippen LogP contribution in [0.2, 0.25) is 5.02 Å². The number of rotatable bonds is 2. The number of nitrogens with zero attached hydrogens (tertiary/aromatic N) is 2. The van der Waals surface area contributed by atoms with Crippen molar-refractivity contribution in [1.29, 1.82) is 0 Å². The van der Waals surface area contributed by atoms with E-state index in [4.69, 9.17) is 17.3 Å². The molecule has 0 bridgehead atoms. The minimum atomic E-state index is 0.411. The molecule has 0 fully saturated rings. The highest BCUT2D eigenvalue weighted by molar-refractivity contribution is 6.33. The van der Waals surface area contributed by atoms with Crippen LogP contribution in [0.5, 0.6) is 0 Å². The molecule has 4 nitrogen and oxygen atoms in total. The molecule has 0 atom stereocenters. The number of benzene rings is 1. The van der Waals surface area contributed by atoms with Crippen LogP contribution in [0.15, 0.2) is 30.3 Å². The standard InChI is InChI=1S/C11H11ClN4/c1-14-11-15-9(6-10(13)16-11)7-4-2-3-5-8(7)12/h2-6H,1H3,(H3,13,14,15,16). The molecule has 82 valence electrons. The van der Waals surface area contributed by atoms with Crippen molar-refractivity contribution >= 4 is 23.4 Å². The van der Waals surface area contributed by atoms with Crippen LogP contribution in [0.4, 0.5) is 11.8 Å². The normalized spacial score (nSPS) is 10.1. The number of halogens is 1. The maximum atomic E-state index is 6.09. The second-order valence-electron chi connectivity index (χ2n) is 3.23. The van der Waals surface area contributed by atoms with Gasteiger partial charge in [0.05, 0.1) is 5.69 Å². The van der Waals surface area contributed by atoms with Gasteiger partial charge in [-0.3, -0.25) is 0 Å². The first-order valence-corrected chi connectivity index (χ1v) is 5.15. The smallest absolute Gasteiger partial charge is 0.224 e. The Balaban J connectivity index is 2.56. The molecular formula is C11H11ClN4. The SMILES string of the molecule is CNc1nc(N)cc(-c2ccccc2Cl)n1. The van der Waals surface area contributed by atoms with Crippen molar-refractivity contribution < 1.29 is 0 Å². The summed E-state index contributed by atoms with van der Waals surface area (Å²) in [6.07, 6.45) is 0. The Morgan fingerprint density at radius 2 is 2.00 bits per heavy atom.